The van der Waals surface area contributed by atoms with E-state index in [9.17, 15) is 13.2 Å². The second-order valence-electron chi connectivity index (χ2n) is 4.80. The quantitative estimate of drug-likeness (QED) is 0.875. The lowest BCUT2D eigenvalue weighted by Crippen LogP contribution is -2.37. The largest absolute Gasteiger partial charge is 0.497 e. The maximum atomic E-state index is 12.6. The summed E-state index contributed by atoms with van der Waals surface area (Å²) in [6, 6.07) is 14.8. The number of carbonyl (C=O) groups is 1. The summed E-state index contributed by atoms with van der Waals surface area (Å²) in [6.45, 7) is 0. The van der Waals surface area contributed by atoms with E-state index in [2.05, 4.69) is 0 Å². The molecule has 2 N–H and O–H groups in total. The highest BCUT2D eigenvalue weighted by atomic mass is 32.2. The molecule has 0 aliphatic heterocycles. The Morgan fingerprint density at radius 2 is 1.68 bits per heavy atom. The number of ether oxygens (including phenoxy) is 1. The highest BCUT2D eigenvalue weighted by Crippen LogP contribution is 2.22. The van der Waals surface area contributed by atoms with E-state index in [4.69, 9.17) is 10.5 Å². The van der Waals surface area contributed by atoms with Crippen LogP contribution in [0.2, 0.25) is 0 Å². The SMILES string of the molecule is COc1ccc(S(=O)(=O)C(Cc2ccccc2)C(N)=O)cc1. The van der Waals surface area contributed by atoms with E-state index in [1.54, 1.807) is 24.3 Å². The fraction of sp³-hybridized carbons (Fsp3) is 0.188. The van der Waals surface area contributed by atoms with E-state index in [0.29, 0.717) is 5.75 Å². The second kappa shape index (κ2) is 6.62. The molecule has 6 heteroatoms. The van der Waals surface area contributed by atoms with Gasteiger partial charge in [0.1, 0.15) is 11.0 Å². The topological polar surface area (TPSA) is 86.5 Å². The molecule has 0 saturated heterocycles. The van der Waals surface area contributed by atoms with Crippen molar-refractivity contribution in [2.45, 2.75) is 16.6 Å². The third-order valence-corrected chi connectivity index (χ3v) is 5.42. The minimum absolute atomic E-state index is 0.0462. The lowest BCUT2D eigenvalue weighted by molar-refractivity contribution is -0.117. The minimum Gasteiger partial charge on any atom is -0.497 e. The van der Waals surface area contributed by atoms with Gasteiger partial charge in [0.15, 0.2) is 9.84 Å². The number of nitrogens with two attached hydrogens (primary N) is 1. The van der Waals surface area contributed by atoms with E-state index in [0.717, 1.165) is 5.56 Å². The molecule has 0 radical (unpaired) electrons. The molecule has 2 aromatic carbocycles. The normalized spacial score (nSPS) is 12.6. The zero-order valence-corrected chi connectivity index (χ0v) is 12.9. The van der Waals surface area contributed by atoms with Crippen molar-refractivity contribution in [3.05, 3.63) is 60.2 Å². The smallest absolute Gasteiger partial charge is 0.236 e. The van der Waals surface area contributed by atoms with Gasteiger partial charge in [-0.15, -0.1) is 0 Å². The summed E-state index contributed by atoms with van der Waals surface area (Å²) >= 11 is 0. The molecule has 0 aliphatic carbocycles. The first-order chi connectivity index (χ1) is 10.4. The molecule has 0 spiro atoms. The molecule has 1 unspecified atom stereocenters. The molecule has 5 nitrogen and oxygen atoms in total. The van der Waals surface area contributed by atoms with Gasteiger partial charge in [-0.1, -0.05) is 30.3 Å². The zero-order chi connectivity index (χ0) is 16.2. The molecule has 116 valence electrons. The highest BCUT2D eigenvalue weighted by molar-refractivity contribution is 7.92. The predicted molar refractivity (Wildman–Crippen MR) is 83.3 cm³/mol. The number of sulfone groups is 1. The Morgan fingerprint density at radius 1 is 1.09 bits per heavy atom. The van der Waals surface area contributed by atoms with Gasteiger partial charge in [0.05, 0.1) is 12.0 Å². The molecule has 0 fully saturated rings. The molecule has 1 amide bonds. The van der Waals surface area contributed by atoms with Gasteiger partial charge in [-0.05, 0) is 36.2 Å². The Kier molecular flexibility index (Phi) is 4.82. The minimum atomic E-state index is -3.85. The predicted octanol–water partition coefficient (Wildman–Crippen LogP) is 1.57. The van der Waals surface area contributed by atoms with Gasteiger partial charge >= 0.3 is 0 Å². The summed E-state index contributed by atoms with van der Waals surface area (Å²) in [7, 11) is -2.36. The number of amides is 1. The maximum absolute atomic E-state index is 12.6. The number of hydrogen-bond donors (Lipinski definition) is 1. The van der Waals surface area contributed by atoms with Gasteiger partial charge in [0, 0.05) is 0 Å². The van der Waals surface area contributed by atoms with Crippen LogP contribution in [0.5, 0.6) is 5.75 Å². The van der Waals surface area contributed by atoms with Crippen LogP contribution in [-0.4, -0.2) is 26.7 Å². The monoisotopic (exact) mass is 319 g/mol. The lowest BCUT2D eigenvalue weighted by atomic mass is 10.1. The maximum Gasteiger partial charge on any atom is 0.236 e. The molecule has 0 bridgehead atoms. The number of carbonyl (C=O) groups excluding carboxylic acids is 1. The Hall–Kier alpha value is -2.34. The molecular weight excluding hydrogens is 302 g/mol. The summed E-state index contributed by atoms with van der Waals surface area (Å²) < 4.78 is 30.3. The number of methoxy groups -OCH3 is 1. The van der Waals surface area contributed by atoms with Gasteiger partial charge in [-0.3, -0.25) is 4.79 Å². The molecule has 1 atom stereocenters. The van der Waals surface area contributed by atoms with Crippen LogP contribution in [0.1, 0.15) is 5.56 Å². The van der Waals surface area contributed by atoms with Crippen LogP contribution in [0.4, 0.5) is 0 Å². The number of rotatable bonds is 6. The van der Waals surface area contributed by atoms with Crippen molar-refractivity contribution in [1.82, 2.24) is 0 Å². The first-order valence-corrected chi connectivity index (χ1v) is 8.21. The Labute approximate surface area is 129 Å². The number of benzene rings is 2. The van der Waals surface area contributed by atoms with Crippen LogP contribution < -0.4 is 10.5 Å². The van der Waals surface area contributed by atoms with Gasteiger partial charge in [0.25, 0.3) is 0 Å². The summed E-state index contributed by atoms with van der Waals surface area (Å²) in [5.41, 5.74) is 6.06. The van der Waals surface area contributed by atoms with Crippen molar-refractivity contribution >= 4 is 15.7 Å². The Morgan fingerprint density at radius 3 is 2.18 bits per heavy atom. The third-order valence-electron chi connectivity index (χ3n) is 3.34. The molecule has 0 heterocycles. The fourth-order valence-corrected chi connectivity index (χ4v) is 3.68. The van der Waals surface area contributed by atoms with Gasteiger partial charge < -0.3 is 10.5 Å². The number of hydrogen-bond acceptors (Lipinski definition) is 4. The summed E-state index contributed by atoms with van der Waals surface area (Å²) in [6.07, 6.45) is 0.0462. The van der Waals surface area contributed by atoms with Gasteiger partial charge in [0.2, 0.25) is 5.91 Å². The van der Waals surface area contributed by atoms with Crippen molar-refractivity contribution in [1.29, 1.82) is 0 Å². The van der Waals surface area contributed by atoms with Crippen LogP contribution in [0.25, 0.3) is 0 Å². The lowest BCUT2D eigenvalue weighted by Gasteiger charge is -2.15. The van der Waals surface area contributed by atoms with Crippen molar-refractivity contribution in [3.8, 4) is 5.75 Å². The van der Waals surface area contributed by atoms with Gasteiger partial charge in [-0.25, -0.2) is 8.42 Å². The van der Waals surface area contributed by atoms with Crippen molar-refractivity contribution in [3.63, 3.8) is 0 Å². The Balaban J connectivity index is 2.35. The van der Waals surface area contributed by atoms with Crippen molar-refractivity contribution < 1.29 is 17.9 Å². The van der Waals surface area contributed by atoms with Crippen molar-refractivity contribution in [2.75, 3.05) is 7.11 Å². The Bertz CT molecular complexity index is 739. The van der Waals surface area contributed by atoms with Crippen LogP contribution in [-0.2, 0) is 21.1 Å². The average molecular weight is 319 g/mol. The molecular formula is C16H17NO4S. The zero-order valence-electron chi connectivity index (χ0n) is 12.1. The summed E-state index contributed by atoms with van der Waals surface area (Å²) in [5, 5.41) is -1.30. The van der Waals surface area contributed by atoms with Crippen molar-refractivity contribution in [2.24, 2.45) is 5.73 Å². The third kappa shape index (κ3) is 3.46. The summed E-state index contributed by atoms with van der Waals surface area (Å²) in [5.74, 6) is -0.322. The van der Waals surface area contributed by atoms with E-state index >= 15 is 0 Å². The van der Waals surface area contributed by atoms with Gasteiger partial charge in [-0.2, -0.15) is 0 Å². The fourth-order valence-electron chi connectivity index (χ4n) is 2.12. The molecule has 2 aromatic rings. The van der Waals surface area contributed by atoms with E-state index in [1.807, 2.05) is 6.07 Å². The first kappa shape index (κ1) is 16.0. The molecule has 2 rings (SSSR count). The van der Waals surface area contributed by atoms with E-state index < -0.39 is 21.0 Å². The average Bonchev–Trinajstić information content (AvgIpc) is 2.53. The van der Waals surface area contributed by atoms with Crippen LogP contribution in [0.15, 0.2) is 59.5 Å². The molecule has 0 aromatic heterocycles. The van der Waals surface area contributed by atoms with Crippen LogP contribution in [0.3, 0.4) is 0 Å². The van der Waals surface area contributed by atoms with E-state index in [1.165, 1.54) is 31.4 Å². The summed E-state index contributed by atoms with van der Waals surface area (Å²) in [4.78, 5) is 11.7. The molecule has 22 heavy (non-hydrogen) atoms. The second-order valence-corrected chi connectivity index (χ2v) is 6.93. The number of primary amides is 1. The standard InChI is InChI=1S/C16H17NO4S/c1-21-13-7-9-14(10-8-13)22(19,20)15(16(17)18)11-12-5-3-2-4-6-12/h2-10,15H,11H2,1H3,(H2,17,18). The van der Waals surface area contributed by atoms with E-state index in [-0.39, 0.29) is 11.3 Å². The first-order valence-electron chi connectivity index (χ1n) is 6.66. The van der Waals surface area contributed by atoms with Crippen LogP contribution >= 0.6 is 0 Å². The van der Waals surface area contributed by atoms with Crippen LogP contribution in [0, 0.1) is 0 Å². The molecule has 0 saturated carbocycles. The highest BCUT2D eigenvalue weighted by Gasteiger charge is 2.32. The molecule has 0 aliphatic rings.